The molecule has 0 bridgehead atoms. The van der Waals surface area contributed by atoms with Crippen molar-refractivity contribution in [3.63, 3.8) is 0 Å². The zero-order valence-corrected chi connectivity index (χ0v) is 13.0. The molecule has 2 nitrogen and oxygen atoms in total. The molecule has 1 unspecified atom stereocenters. The fourth-order valence-electron chi connectivity index (χ4n) is 2.69. The number of fused-ring (bicyclic) bond motifs is 1. The maximum Gasteiger partial charge on any atom is 0.0487 e. The van der Waals surface area contributed by atoms with E-state index in [0.717, 1.165) is 6.54 Å². The van der Waals surface area contributed by atoms with Crippen LogP contribution in [0.2, 0.25) is 0 Å². The number of hydrogen-bond acceptors (Lipinski definition) is 1. The van der Waals surface area contributed by atoms with Gasteiger partial charge < -0.3 is 9.47 Å². The van der Waals surface area contributed by atoms with Crippen molar-refractivity contribution < 1.29 is 0 Å². The highest BCUT2D eigenvalue weighted by Gasteiger charge is 2.12. The van der Waals surface area contributed by atoms with Crippen LogP contribution in [0, 0.1) is 0 Å². The van der Waals surface area contributed by atoms with Gasteiger partial charge in [0.2, 0.25) is 0 Å². The number of benzene rings is 2. The van der Waals surface area contributed by atoms with Crippen LogP contribution < -0.4 is 0 Å². The number of para-hydroxylation sites is 1. The molecular formula is C19H22N2. The van der Waals surface area contributed by atoms with Crippen molar-refractivity contribution in [3.05, 3.63) is 60.8 Å². The predicted molar refractivity (Wildman–Crippen MR) is 90.5 cm³/mol. The average Bonchev–Trinajstić information content (AvgIpc) is 2.87. The minimum absolute atomic E-state index is 0.504. The van der Waals surface area contributed by atoms with E-state index >= 15 is 0 Å². The van der Waals surface area contributed by atoms with Crippen molar-refractivity contribution in [2.24, 2.45) is 0 Å². The fraction of sp³-hybridized carbons (Fsp3) is 0.263. The molecule has 0 N–H and O–H groups in total. The number of aromatic nitrogens is 1. The summed E-state index contributed by atoms with van der Waals surface area (Å²) in [6, 6.07) is 19.8. The Bertz CT molecular complexity index is 726. The molecule has 0 aliphatic carbocycles. The van der Waals surface area contributed by atoms with Gasteiger partial charge in [0.15, 0.2) is 0 Å². The van der Waals surface area contributed by atoms with Crippen LogP contribution in [0.15, 0.2) is 60.8 Å². The van der Waals surface area contributed by atoms with Gasteiger partial charge in [0.1, 0.15) is 0 Å². The van der Waals surface area contributed by atoms with Gasteiger partial charge in [-0.05, 0) is 32.6 Å². The molecule has 3 aromatic rings. The number of hydrogen-bond donors (Lipinski definition) is 0. The highest BCUT2D eigenvalue weighted by Crippen LogP contribution is 2.30. The van der Waals surface area contributed by atoms with Crippen LogP contribution in [0.5, 0.6) is 0 Å². The van der Waals surface area contributed by atoms with Crippen molar-refractivity contribution in [1.82, 2.24) is 9.47 Å². The van der Waals surface area contributed by atoms with Crippen molar-refractivity contribution in [3.8, 4) is 11.1 Å². The molecule has 0 aliphatic rings. The third kappa shape index (κ3) is 2.72. The van der Waals surface area contributed by atoms with E-state index in [1.54, 1.807) is 0 Å². The first-order chi connectivity index (χ1) is 10.2. The molecule has 2 aromatic carbocycles. The Labute approximate surface area is 126 Å². The van der Waals surface area contributed by atoms with Crippen LogP contribution in [0.3, 0.4) is 0 Å². The summed E-state index contributed by atoms with van der Waals surface area (Å²) in [5, 5.41) is 1.33. The largest absolute Gasteiger partial charge is 0.345 e. The second-order valence-electron chi connectivity index (χ2n) is 5.89. The van der Waals surface area contributed by atoms with Gasteiger partial charge in [-0.3, -0.25) is 0 Å². The highest BCUT2D eigenvalue weighted by molar-refractivity contribution is 5.96. The van der Waals surface area contributed by atoms with Crippen LogP contribution in [-0.2, 0) is 6.54 Å². The maximum absolute atomic E-state index is 2.38. The summed E-state index contributed by atoms with van der Waals surface area (Å²) in [7, 11) is 4.27. The van der Waals surface area contributed by atoms with E-state index in [1.165, 1.54) is 22.0 Å². The monoisotopic (exact) mass is 278 g/mol. The van der Waals surface area contributed by atoms with Crippen LogP contribution in [0.4, 0.5) is 0 Å². The summed E-state index contributed by atoms with van der Waals surface area (Å²) in [5.74, 6) is 0. The molecule has 0 saturated heterocycles. The minimum Gasteiger partial charge on any atom is -0.345 e. The standard InChI is InChI=1S/C19H22N2/c1-15(20(2)3)13-21-14-18(16-9-5-4-6-10-16)17-11-7-8-12-19(17)21/h4-12,14-15H,13H2,1-3H3. The molecule has 0 aliphatic heterocycles. The summed E-state index contributed by atoms with van der Waals surface area (Å²) in [6.45, 7) is 3.26. The summed E-state index contributed by atoms with van der Waals surface area (Å²) in [5.41, 5.74) is 3.91. The molecule has 1 aromatic heterocycles. The van der Waals surface area contributed by atoms with E-state index in [2.05, 4.69) is 91.3 Å². The lowest BCUT2D eigenvalue weighted by Crippen LogP contribution is -2.28. The Morgan fingerprint density at radius 2 is 1.62 bits per heavy atom. The normalized spacial score (nSPS) is 13.0. The zero-order chi connectivity index (χ0) is 14.8. The third-order valence-electron chi connectivity index (χ3n) is 4.22. The molecule has 0 amide bonds. The van der Waals surface area contributed by atoms with Crippen molar-refractivity contribution in [1.29, 1.82) is 0 Å². The summed E-state index contributed by atoms with van der Waals surface area (Å²) in [6.07, 6.45) is 2.29. The lowest BCUT2D eigenvalue weighted by molar-refractivity contribution is 0.286. The fourth-order valence-corrected chi connectivity index (χ4v) is 2.69. The SMILES string of the molecule is CC(Cn1cc(-c2ccccc2)c2ccccc21)N(C)C. The molecule has 108 valence electrons. The molecule has 2 heteroatoms. The molecule has 3 rings (SSSR count). The Balaban J connectivity index is 2.10. The summed E-state index contributed by atoms with van der Waals surface area (Å²) >= 11 is 0. The van der Waals surface area contributed by atoms with Gasteiger partial charge in [0.05, 0.1) is 0 Å². The Morgan fingerprint density at radius 3 is 2.33 bits per heavy atom. The van der Waals surface area contributed by atoms with Gasteiger partial charge in [-0.25, -0.2) is 0 Å². The molecular weight excluding hydrogens is 256 g/mol. The summed E-state index contributed by atoms with van der Waals surface area (Å²) in [4.78, 5) is 2.26. The van der Waals surface area contributed by atoms with Gasteiger partial charge in [-0.1, -0.05) is 48.5 Å². The van der Waals surface area contributed by atoms with Gasteiger partial charge >= 0.3 is 0 Å². The summed E-state index contributed by atoms with van der Waals surface area (Å²) < 4.78 is 2.38. The van der Waals surface area contributed by atoms with Crippen molar-refractivity contribution in [2.45, 2.75) is 19.5 Å². The lowest BCUT2D eigenvalue weighted by atomic mass is 10.1. The van der Waals surface area contributed by atoms with Crippen LogP contribution in [0.1, 0.15) is 6.92 Å². The van der Waals surface area contributed by atoms with Crippen molar-refractivity contribution >= 4 is 10.9 Å². The maximum atomic E-state index is 2.38. The highest BCUT2D eigenvalue weighted by atomic mass is 15.1. The second kappa shape index (κ2) is 5.74. The van der Waals surface area contributed by atoms with Crippen molar-refractivity contribution in [2.75, 3.05) is 14.1 Å². The predicted octanol–water partition coefficient (Wildman–Crippen LogP) is 4.26. The van der Waals surface area contributed by atoms with E-state index in [9.17, 15) is 0 Å². The first kappa shape index (κ1) is 13.9. The average molecular weight is 278 g/mol. The molecule has 0 spiro atoms. The smallest absolute Gasteiger partial charge is 0.0487 e. The topological polar surface area (TPSA) is 8.17 Å². The number of nitrogens with zero attached hydrogens (tertiary/aromatic N) is 2. The molecule has 0 saturated carbocycles. The minimum atomic E-state index is 0.504. The molecule has 1 atom stereocenters. The van der Waals surface area contributed by atoms with E-state index < -0.39 is 0 Å². The Hall–Kier alpha value is -2.06. The molecule has 0 fully saturated rings. The van der Waals surface area contributed by atoms with Gasteiger partial charge in [-0.2, -0.15) is 0 Å². The third-order valence-corrected chi connectivity index (χ3v) is 4.22. The van der Waals surface area contributed by atoms with Crippen LogP contribution in [-0.4, -0.2) is 29.6 Å². The number of rotatable bonds is 4. The van der Waals surface area contributed by atoms with Gasteiger partial charge in [0, 0.05) is 35.2 Å². The number of likely N-dealkylation sites (N-methyl/N-ethyl adjacent to an activating group) is 1. The van der Waals surface area contributed by atoms with Crippen LogP contribution in [0.25, 0.3) is 22.0 Å². The van der Waals surface area contributed by atoms with E-state index in [0.29, 0.717) is 6.04 Å². The van der Waals surface area contributed by atoms with E-state index in [4.69, 9.17) is 0 Å². The molecule has 21 heavy (non-hydrogen) atoms. The van der Waals surface area contributed by atoms with Crippen LogP contribution >= 0.6 is 0 Å². The molecule has 1 heterocycles. The first-order valence-corrected chi connectivity index (χ1v) is 7.46. The molecule has 0 radical (unpaired) electrons. The Kier molecular flexibility index (Phi) is 3.80. The lowest BCUT2D eigenvalue weighted by Gasteiger charge is -2.20. The van der Waals surface area contributed by atoms with E-state index in [1.807, 2.05) is 0 Å². The van der Waals surface area contributed by atoms with Gasteiger partial charge in [0.25, 0.3) is 0 Å². The zero-order valence-electron chi connectivity index (χ0n) is 13.0. The van der Waals surface area contributed by atoms with Gasteiger partial charge in [-0.15, -0.1) is 0 Å². The quantitative estimate of drug-likeness (QED) is 0.692. The van der Waals surface area contributed by atoms with E-state index in [-0.39, 0.29) is 0 Å². The first-order valence-electron chi connectivity index (χ1n) is 7.46. The Morgan fingerprint density at radius 1 is 0.952 bits per heavy atom. The second-order valence-corrected chi connectivity index (χ2v) is 5.89.